The van der Waals surface area contributed by atoms with Gasteiger partial charge in [-0.3, -0.25) is 14.9 Å². The number of imide groups is 1. The van der Waals surface area contributed by atoms with E-state index in [1.165, 1.54) is 13.2 Å². The van der Waals surface area contributed by atoms with Crippen molar-refractivity contribution >= 4 is 23.5 Å². The Morgan fingerprint density at radius 2 is 2.00 bits per heavy atom. The number of hydrogen-bond donors (Lipinski definition) is 2. The molecular weight excluding hydrogens is 422 g/mol. The molecule has 0 bridgehead atoms. The van der Waals surface area contributed by atoms with Gasteiger partial charge in [-0.25, -0.2) is 9.18 Å². The number of amides is 4. The van der Waals surface area contributed by atoms with E-state index in [-0.39, 0.29) is 35.9 Å². The molecule has 3 atom stereocenters. The molecule has 3 fully saturated rings. The van der Waals surface area contributed by atoms with E-state index in [9.17, 15) is 23.2 Å². The number of piperazine rings is 1. The predicted molar refractivity (Wildman–Crippen MR) is 112 cm³/mol. The summed E-state index contributed by atoms with van der Waals surface area (Å²) in [7, 11) is 1.28. The summed E-state index contributed by atoms with van der Waals surface area (Å²) in [5.41, 5.74) is -0.520. The highest BCUT2D eigenvalue weighted by Gasteiger charge is 2.56. The Hall–Kier alpha value is -2.91. The summed E-state index contributed by atoms with van der Waals surface area (Å²) < 4.78 is 32.7. The van der Waals surface area contributed by atoms with Crippen LogP contribution in [0.5, 0.6) is 5.75 Å². The number of benzene rings is 1. The van der Waals surface area contributed by atoms with Crippen molar-refractivity contribution in [3.63, 3.8) is 0 Å². The quantitative estimate of drug-likeness (QED) is 0.648. The largest absolute Gasteiger partial charge is 0.493 e. The highest BCUT2D eigenvalue weighted by atomic mass is 19.2. The molecular formula is C22H28F2N4O4. The van der Waals surface area contributed by atoms with Crippen LogP contribution in [0.25, 0.3) is 0 Å². The van der Waals surface area contributed by atoms with E-state index >= 15 is 0 Å². The fraction of sp³-hybridized carbons (Fsp3) is 0.591. The lowest BCUT2D eigenvalue weighted by Crippen LogP contribution is -2.56. The summed E-state index contributed by atoms with van der Waals surface area (Å²) in [5.74, 6) is -3.02. The molecule has 0 aromatic heterocycles. The van der Waals surface area contributed by atoms with Gasteiger partial charge in [0.1, 0.15) is 5.54 Å². The van der Waals surface area contributed by atoms with Crippen LogP contribution < -0.4 is 20.3 Å². The van der Waals surface area contributed by atoms with E-state index in [0.717, 1.165) is 18.9 Å². The SMILES string of the molecule is COc1cc(N2CCN(C(=O)C(C)CC3(C4CC4)NC(=O)NC3=O)C[C@@H]2C)cc(F)c1F. The lowest BCUT2D eigenvalue weighted by molar-refractivity contribution is -0.137. The van der Waals surface area contributed by atoms with Crippen LogP contribution >= 0.6 is 0 Å². The highest BCUT2D eigenvalue weighted by Crippen LogP contribution is 2.44. The van der Waals surface area contributed by atoms with Gasteiger partial charge in [0.15, 0.2) is 11.6 Å². The zero-order valence-electron chi connectivity index (χ0n) is 18.4. The second kappa shape index (κ2) is 8.22. The first-order valence-electron chi connectivity index (χ1n) is 10.9. The standard InChI is InChI=1S/C22H28F2N4O4/c1-12(10-22(14-4-5-14)20(30)25-21(31)26-22)19(29)27-6-7-28(13(2)11-27)15-8-16(23)18(24)17(9-15)32-3/h8-9,12-14H,4-7,10-11H2,1-3H3,(H2,25,26,30,31)/t12?,13-,22?/m0/s1. The van der Waals surface area contributed by atoms with E-state index in [2.05, 4.69) is 10.6 Å². The maximum atomic E-state index is 14.0. The molecule has 2 saturated heterocycles. The molecule has 4 amide bonds. The zero-order chi connectivity index (χ0) is 23.2. The van der Waals surface area contributed by atoms with E-state index in [1.54, 1.807) is 11.8 Å². The van der Waals surface area contributed by atoms with Crippen LogP contribution in [-0.4, -0.2) is 61.1 Å². The molecule has 4 rings (SSSR count). The second-order valence-electron chi connectivity index (χ2n) is 9.03. The first-order chi connectivity index (χ1) is 15.2. The number of ether oxygens (including phenoxy) is 1. The third kappa shape index (κ3) is 3.86. The average Bonchev–Trinajstić information content (AvgIpc) is 3.56. The van der Waals surface area contributed by atoms with E-state index in [1.807, 2.05) is 11.8 Å². The Balaban J connectivity index is 1.43. The number of nitrogens with one attached hydrogen (secondary N) is 2. The molecule has 10 heteroatoms. The van der Waals surface area contributed by atoms with Crippen LogP contribution in [0.2, 0.25) is 0 Å². The predicted octanol–water partition coefficient (Wildman–Crippen LogP) is 2.02. The zero-order valence-corrected chi connectivity index (χ0v) is 18.4. The first kappa shape index (κ1) is 22.3. The topological polar surface area (TPSA) is 91.0 Å². The molecule has 3 aliphatic rings. The molecule has 32 heavy (non-hydrogen) atoms. The number of urea groups is 1. The first-order valence-corrected chi connectivity index (χ1v) is 10.9. The van der Waals surface area contributed by atoms with Crippen molar-refractivity contribution < 1.29 is 27.9 Å². The summed E-state index contributed by atoms with van der Waals surface area (Å²) in [6.07, 6.45) is 1.95. The van der Waals surface area contributed by atoms with Crippen molar-refractivity contribution in [3.8, 4) is 5.75 Å². The van der Waals surface area contributed by atoms with Gasteiger partial charge in [-0.15, -0.1) is 0 Å². The summed E-state index contributed by atoms with van der Waals surface area (Å²) in [5, 5.41) is 5.08. The van der Waals surface area contributed by atoms with Crippen LogP contribution in [0.4, 0.5) is 19.3 Å². The molecule has 1 aliphatic carbocycles. The summed E-state index contributed by atoms with van der Waals surface area (Å²) in [4.78, 5) is 41.1. The highest BCUT2D eigenvalue weighted by molar-refractivity contribution is 6.07. The van der Waals surface area contributed by atoms with Gasteiger partial charge >= 0.3 is 6.03 Å². The van der Waals surface area contributed by atoms with Crippen LogP contribution in [0.15, 0.2) is 12.1 Å². The number of nitrogens with zero attached hydrogens (tertiary/aromatic N) is 2. The lowest BCUT2D eigenvalue weighted by atomic mass is 9.83. The van der Waals surface area contributed by atoms with Gasteiger partial charge in [0.25, 0.3) is 5.91 Å². The summed E-state index contributed by atoms with van der Waals surface area (Å²) >= 11 is 0. The van der Waals surface area contributed by atoms with Crippen LogP contribution in [0.3, 0.4) is 0 Å². The average molecular weight is 450 g/mol. The van der Waals surface area contributed by atoms with E-state index < -0.39 is 29.1 Å². The fourth-order valence-electron chi connectivity index (χ4n) is 4.97. The van der Waals surface area contributed by atoms with Gasteiger partial charge < -0.3 is 19.9 Å². The van der Waals surface area contributed by atoms with Gasteiger partial charge in [0.2, 0.25) is 11.7 Å². The number of methoxy groups -OCH3 is 1. The van der Waals surface area contributed by atoms with Crippen molar-refractivity contribution in [1.29, 1.82) is 0 Å². The van der Waals surface area contributed by atoms with Gasteiger partial charge in [-0.05, 0) is 32.1 Å². The lowest BCUT2D eigenvalue weighted by Gasteiger charge is -2.42. The number of carbonyl (C=O) groups excluding carboxylic acids is 3. The minimum Gasteiger partial charge on any atom is -0.493 e. The maximum absolute atomic E-state index is 14.0. The van der Waals surface area contributed by atoms with E-state index in [0.29, 0.717) is 25.3 Å². The molecule has 2 heterocycles. The normalized spacial score (nSPS) is 26.6. The van der Waals surface area contributed by atoms with Gasteiger partial charge in [0.05, 0.1) is 7.11 Å². The smallest absolute Gasteiger partial charge is 0.322 e. The number of hydrogen-bond acceptors (Lipinski definition) is 5. The van der Waals surface area contributed by atoms with Crippen molar-refractivity contribution in [1.82, 2.24) is 15.5 Å². The van der Waals surface area contributed by atoms with Crippen LogP contribution in [0.1, 0.15) is 33.1 Å². The third-order valence-electron chi connectivity index (χ3n) is 6.76. The molecule has 174 valence electrons. The monoisotopic (exact) mass is 450 g/mol. The van der Waals surface area contributed by atoms with Gasteiger partial charge in [-0.2, -0.15) is 4.39 Å². The number of halogens is 2. The maximum Gasteiger partial charge on any atom is 0.322 e. The Labute approximate surface area is 185 Å². The third-order valence-corrected chi connectivity index (χ3v) is 6.76. The minimum absolute atomic E-state index is 0.0586. The molecule has 0 spiro atoms. The number of carbonyl (C=O) groups is 3. The molecule has 1 aromatic carbocycles. The molecule has 1 saturated carbocycles. The van der Waals surface area contributed by atoms with Crippen LogP contribution in [-0.2, 0) is 9.59 Å². The summed E-state index contributed by atoms with van der Waals surface area (Å²) in [6.45, 7) is 4.94. The Kier molecular flexibility index (Phi) is 5.72. The van der Waals surface area contributed by atoms with Gasteiger partial charge in [-0.1, -0.05) is 6.92 Å². The van der Waals surface area contributed by atoms with Crippen molar-refractivity contribution in [2.45, 2.75) is 44.7 Å². The number of rotatable bonds is 6. The van der Waals surface area contributed by atoms with Crippen molar-refractivity contribution in [2.75, 3.05) is 31.6 Å². The Morgan fingerprint density at radius 1 is 1.28 bits per heavy atom. The van der Waals surface area contributed by atoms with E-state index in [4.69, 9.17) is 4.74 Å². The molecule has 1 aromatic rings. The fourth-order valence-corrected chi connectivity index (χ4v) is 4.97. The molecule has 0 radical (unpaired) electrons. The Morgan fingerprint density at radius 3 is 2.56 bits per heavy atom. The van der Waals surface area contributed by atoms with Crippen molar-refractivity contribution in [3.05, 3.63) is 23.8 Å². The summed E-state index contributed by atoms with van der Waals surface area (Å²) in [6, 6.07) is 1.94. The number of anilines is 1. The molecule has 2 aliphatic heterocycles. The molecule has 2 N–H and O–H groups in total. The Bertz CT molecular complexity index is 954. The van der Waals surface area contributed by atoms with Crippen LogP contribution in [0, 0.1) is 23.5 Å². The second-order valence-corrected chi connectivity index (χ2v) is 9.03. The molecule has 2 unspecified atom stereocenters. The van der Waals surface area contributed by atoms with Gasteiger partial charge in [0, 0.05) is 49.4 Å². The molecule has 8 nitrogen and oxygen atoms in total. The van der Waals surface area contributed by atoms with Crippen molar-refractivity contribution in [2.24, 2.45) is 11.8 Å². The minimum atomic E-state index is -1.03.